The summed E-state index contributed by atoms with van der Waals surface area (Å²) in [6, 6.07) is 0. The summed E-state index contributed by atoms with van der Waals surface area (Å²) in [5.74, 6) is 2.94. The zero-order valence-corrected chi connectivity index (χ0v) is 13.6. The van der Waals surface area contributed by atoms with Gasteiger partial charge in [-0.1, -0.05) is 20.3 Å². The van der Waals surface area contributed by atoms with Gasteiger partial charge in [0.1, 0.15) is 5.78 Å². The van der Waals surface area contributed by atoms with E-state index in [4.69, 9.17) is 0 Å². The smallest absolute Gasteiger partial charge is 0.133 e. The van der Waals surface area contributed by atoms with E-state index in [0.717, 1.165) is 37.0 Å². The molecule has 4 rings (SSSR count). The zero-order chi connectivity index (χ0) is 14.8. The highest BCUT2D eigenvalue weighted by atomic mass is 16.3. The molecule has 4 saturated carbocycles. The van der Waals surface area contributed by atoms with Gasteiger partial charge in [-0.25, -0.2) is 0 Å². The Balaban J connectivity index is 1.68. The van der Waals surface area contributed by atoms with Gasteiger partial charge in [0, 0.05) is 12.8 Å². The molecule has 0 aromatic carbocycles. The summed E-state index contributed by atoms with van der Waals surface area (Å²) in [4.78, 5) is 11.9. The van der Waals surface area contributed by atoms with Crippen LogP contribution in [0.1, 0.15) is 71.6 Å². The van der Waals surface area contributed by atoms with Crippen molar-refractivity contribution in [2.75, 3.05) is 0 Å². The Kier molecular flexibility index (Phi) is 3.10. The van der Waals surface area contributed by atoms with E-state index in [1.807, 2.05) is 0 Å². The maximum absolute atomic E-state index is 11.9. The largest absolute Gasteiger partial charge is 0.393 e. The molecular weight excluding hydrogens is 260 g/mol. The number of rotatable bonds is 0. The summed E-state index contributed by atoms with van der Waals surface area (Å²) in [5, 5.41) is 10.8. The average Bonchev–Trinajstić information content (AvgIpc) is 2.83. The third-order valence-electron chi connectivity index (χ3n) is 8.28. The molecule has 4 aliphatic carbocycles. The van der Waals surface area contributed by atoms with Crippen LogP contribution in [-0.4, -0.2) is 17.0 Å². The highest BCUT2D eigenvalue weighted by Crippen LogP contribution is 2.65. The molecule has 0 aromatic heterocycles. The third-order valence-corrected chi connectivity index (χ3v) is 8.28. The summed E-state index contributed by atoms with van der Waals surface area (Å²) in [5.41, 5.74) is 0.773. The fourth-order valence-corrected chi connectivity index (χ4v) is 7.08. The normalized spacial score (nSPS) is 56.5. The van der Waals surface area contributed by atoms with Crippen molar-refractivity contribution < 1.29 is 9.90 Å². The average molecular weight is 290 g/mol. The fourth-order valence-electron chi connectivity index (χ4n) is 7.08. The van der Waals surface area contributed by atoms with E-state index < -0.39 is 0 Å². The van der Waals surface area contributed by atoms with Crippen LogP contribution in [0, 0.1) is 34.5 Å². The predicted octanol–water partition coefficient (Wildman–Crippen LogP) is 3.96. The summed E-state index contributed by atoms with van der Waals surface area (Å²) in [6.45, 7) is 4.91. The molecule has 0 heterocycles. The van der Waals surface area contributed by atoms with Gasteiger partial charge in [-0.15, -0.1) is 0 Å². The van der Waals surface area contributed by atoms with E-state index in [1.54, 1.807) is 0 Å². The number of hydrogen-bond donors (Lipinski definition) is 1. The van der Waals surface area contributed by atoms with E-state index in [1.165, 1.54) is 32.1 Å². The Morgan fingerprint density at radius 2 is 1.86 bits per heavy atom. The molecule has 4 aliphatic rings. The lowest BCUT2D eigenvalue weighted by atomic mass is 9.45. The number of Topliss-reactive ketones (excluding diaryl/α,β-unsaturated/α-hetero) is 1. The van der Waals surface area contributed by atoms with Gasteiger partial charge in [-0.3, -0.25) is 4.79 Å². The topological polar surface area (TPSA) is 37.3 Å². The molecule has 0 radical (unpaired) electrons. The molecule has 0 saturated heterocycles. The minimum atomic E-state index is -0.233. The van der Waals surface area contributed by atoms with Gasteiger partial charge in [0.2, 0.25) is 0 Å². The second-order valence-electron chi connectivity index (χ2n) is 9.12. The summed E-state index contributed by atoms with van der Waals surface area (Å²) < 4.78 is 0. The number of ketones is 1. The van der Waals surface area contributed by atoms with E-state index in [9.17, 15) is 9.90 Å². The Hall–Kier alpha value is -0.370. The van der Waals surface area contributed by atoms with Crippen LogP contribution < -0.4 is 0 Å². The number of hydrogen-bond acceptors (Lipinski definition) is 2. The van der Waals surface area contributed by atoms with Crippen LogP contribution in [0.15, 0.2) is 0 Å². The van der Waals surface area contributed by atoms with Crippen LogP contribution in [-0.2, 0) is 4.79 Å². The van der Waals surface area contributed by atoms with Crippen LogP contribution >= 0.6 is 0 Å². The molecule has 0 unspecified atom stereocenters. The van der Waals surface area contributed by atoms with Crippen LogP contribution in [0.3, 0.4) is 0 Å². The second-order valence-corrected chi connectivity index (χ2v) is 9.12. The van der Waals surface area contributed by atoms with E-state index in [2.05, 4.69) is 13.8 Å². The molecule has 2 heteroatoms. The number of carbonyl (C=O) groups is 1. The highest BCUT2D eigenvalue weighted by Gasteiger charge is 2.60. The van der Waals surface area contributed by atoms with Gasteiger partial charge >= 0.3 is 0 Å². The lowest BCUT2D eigenvalue weighted by Crippen LogP contribution is -2.57. The molecule has 1 N–H and O–H groups in total. The second kappa shape index (κ2) is 4.57. The minimum absolute atomic E-state index is 0.222. The molecule has 0 spiro atoms. The summed E-state index contributed by atoms with van der Waals surface area (Å²) in [7, 11) is 0. The maximum Gasteiger partial charge on any atom is 0.133 e. The van der Waals surface area contributed by atoms with Gasteiger partial charge in [0.05, 0.1) is 6.10 Å². The van der Waals surface area contributed by atoms with Gasteiger partial charge < -0.3 is 5.11 Å². The molecule has 4 fully saturated rings. The number of aliphatic hydroxyl groups excluding tert-OH is 1. The van der Waals surface area contributed by atoms with Gasteiger partial charge in [-0.05, 0) is 73.0 Å². The van der Waals surface area contributed by atoms with Crippen molar-refractivity contribution in [1.82, 2.24) is 0 Å². The molecule has 0 amide bonds. The standard InChI is InChI=1S/C19H30O2/c1-18-7-3-4-14(18)13-11-17(21)16-10-12(20)5-9-19(16,2)15(13)6-8-18/h13-17,21H,3-11H2,1-2H3/t13-,14-,15-,16-,17+,18-,19+/m0/s1. The Morgan fingerprint density at radius 3 is 2.67 bits per heavy atom. The van der Waals surface area contributed by atoms with Crippen molar-refractivity contribution in [2.24, 2.45) is 34.5 Å². The maximum atomic E-state index is 11.9. The molecular formula is C19H30O2. The number of aliphatic hydroxyl groups is 1. The van der Waals surface area contributed by atoms with Crippen molar-refractivity contribution in [3.05, 3.63) is 0 Å². The first-order chi connectivity index (χ1) is 9.94. The molecule has 21 heavy (non-hydrogen) atoms. The molecule has 0 bridgehead atoms. The van der Waals surface area contributed by atoms with Crippen molar-refractivity contribution in [1.29, 1.82) is 0 Å². The van der Waals surface area contributed by atoms with E-state index in [-0.39, 0.29) is 17.4 Å². The van der Waals surface area contributed by atoms with Crippen molar-refractivity contribution >= 4 is 5.78 Å². The highest BCUT2D eigenvalue weighted by molar-refractivity contribution is 5.79. The monoisotopic (exact) mass is 290 g/mol. The Bertz CT molecular complexity index is 458. The third kappa shape index (κ3) is 1.90. The SMILES string of the molecule is C[C@@]12CCC[C@H]1[C@@H]1C[C@@H](O)[C@@H]3CC(=O)CC[C@]3(C)[C@H]1CC2. The summed E-state index contributed by atoms with van der Waals surface area (Å²) >= 11 is 0. The summed E-state index contributed by atoms with van der Waals surface area (Å²) in [6.07, 6.45) is 10.0. The van der Waals surface area contributed by atoms with Crippen molar-refractivity contribution in [2.45, 2.75) is 77.7 Å². The predicted molar refractivity (Wildman–Crippen MR) is 82.7 cm³/mol. The first-order valence-electron chi connectivity index (χ1n) is 9.14. The zero-order valence-electron chi connectivity index (χ0n) is 13.6. The molecule has 118 valence electrons. The molecule has 0 aliphatic heterocycles. The minimum Gasteiger partial charge on any atom is -0.393 e. The van der Waals surface area contributed by atoms with Gasteiger partial charge in [0.15, 0.2) is 0 Å². The first kappa shape index (κ1) is 14.2. The Labute approximate surface area is 128 Å². The Morgan fingerprint density at radius 1 is 1.05 bits per heavy atom. The number of fused-ring (bicyclic) bond motifs is 5. The number of carbonyl (C=O) groups excluding carboxylic acids is 1. The first-order valence-corrected chi connectivity index (χ1v) is 9.14. The fraction of sp³-hybridized carbons (Fsp3) is 0.947. The van der Waals surface area contributed by atoms with Crippen molar-refractivity contribution in [3.63, 3.8) is 0 Å². The molecule has 2 nitrogen and oxygen atoms in total. The van der Waals surface area contributed by atoms with E-state index >= 15 is 0 Å². The van der Waals surface area contributed by atoms with Crippen LogP contribution in [0.2, 0.25) is 0 Å². The van der Waals surface area contributed by atoms with Gasteiger partial charge in [0.25, 0.3) is 0 Å². The van der Waals surface area contributed by atoms with Crippen LogP contribution in [0.5, 0.6) is 0 Å². The van der Waals surface area contributed by atoms with Crippen LogP contribution in [0.25, 0.3) is 0 Å². The molecule has 7 atom stereocenters. The van der Waals surface area contributed by atoms with E-state index in [0.29, 0.717) is 17.6 Å². The molecule has 0 aromatic rings. The lowest BCUT2D eigenvalue weighted by Gasteiger charge is -2.61. The van der Waals surface area contributed by atoms with Crippen molar-refractivity contribution in [3.8, 4) is 0 Å². The van der Waals surface area contributed by atoms with Gasteiger partial charge in [-0.2, -0.15) is 0 Å². The van der Waals surface area contributed by atoms with Crippen LogP contribution in [0.4, 0.5) is 0 Å². The lowest BCUT2D eigenvalue weighted by molar-refractivity contribution is -0.162. The quantitative estimate of drug-likeness (QED) is 0.733.